The normalized spacial score (nSPS) is 25.3. The van der Waals surface area contributed by atoms with E-state index in [1.165, 1.54) is 0 Å². The van der Waals surface area contributed by atoms with Crippen LogP contribution in [0.2, 0.25) is 0 Å². The van der Waals surface area contributed by atoms with Crippen molar-refractivity contribution in [2.45, 2.75) is 25.9 Å². The van der Waals surface area contributed by atoms with E-state index < -0.39 is 6.04 Å². The predicted octanol–water partition coefficient (Wildman–Crippen LogP) is 2.47. The van der Waals surface area contributed by atoms with Gasteiger partial charge in [-0.15, -0.1) is 0 Å². The molecule has 3 unspecified atom stereocenters. The Bertz CT molecular complexity index is 447. The Balaban J connectivity index is 1.87. The van der Waals surface area contributed by atoms with Crippen LogP contribution in [0, 0.1) is 5.92 Å². The van der Waals surface area contributed by atoms with E-state index in [9.17, 15) is 4.79 Å². The highest BCUT2D eigenvalue weighted by Gasteiger charge is 2.37. The van der Waals surface area contributed by atoms with E-state index in [1.807, 2.05) is 37.3 Å². The predicted molar refractivity (Wildman–Crippen MR) is 70.2 cm³/mol. The molecule has 0 saturated heterocycles. The summed E-state index contributed by atoms with van der Waals surface area (Å²) in [4.78, 5) is 11.7. The first-order chi connectivity index (χ1) is 9.22. The molecule has 0 N–H and O–H groups in total. The lowest BCUT2D eigenvalue weighted by Crippen LogP contribution is -2.32. The molecular formula is C14H18N2O3. The topological polar surface area (TPSA) is 60.2 Å². The van der Waals surface area contributed by atoms with Crippen molar-refractivity contribution in [3.8, 4) is 5.75 Å². The quantitative estimate of drug-likeness (QED) is 0.766. The van der Waals surface area contributed by atoms with E-state index in [1.54, 1.807) is 6.92 Å². The maximum absolute atomic E-state index is 11.7. The fourth-order valence-electron chi connectivity index (χ4n) is 1.95. The summed E-state index contributed by atoms with van der Waals surface area (Å²) < 4.78 is 10.6. The summed E-state index contributed by atoms with van der Waals surface area (Å²) >= 11 is 0. The summed E-state index contributed by atoms with van der Waals surface area (Å²) in [5, 5.41) is 8.12. The lowest BCUT2D eigenvalue weighted by atomic mass is 9.97. The van der Waals surface area contributed by atoms with Crippen molar-refractivity contribution in [1.82, 2.24) is 0 Å². The first-order valence-electron chi connectivity index (χ1n) is 6.46. The third-order valence-electron chi connectivity index (χ3n) is 3.14. The van der Waals surface area contributed by atoms with Gasteiger partial charge in [0.2, 0.25) is 0 Å². The van der Waals surface area contributed by atoms with Crippen molar-refractivity contribution in [1.29, 1.82) is 0 Å². The molecule has 0 fully saturated rings. The zero-order chi connectivity index (χ0) is 13.7. The first kappa shape index (κ1) is 13.5. The van der Waals surface area contributed by atoms with Gasteiger partial charge in [0.15, 0.2) is 6.04 Å². The Morgan fingerprint density at radius 1 is 1.26 bits per heavy atom. The number of benzene rings is 1. The van der Waals surface area contributed by atoms with Crippen molar-refractivity contribution in [2.24, 2.45) is 16.1 Å². The molecule has 0 amide bonds. The molecule has 2 rings (SSSR count). The number of ether oxygens (including phenoxy) is 2. The number of para-hydroxylation sites is 1. The molecular weight excluding hydrogens is 244 g/mol. The maximum atomic E-state index is 11.7. The SMILES string of the molecule is CCOC(=O)C1N=NC(COc2ccccc2)C1C. The van der Waals surface area contributed by atoms with Crippen molar-refractivity contribution >= 4 is 5.97 Å². The minimum absolute atomic E-state index is 0.00256. The monoisotopic (exact) mass is 262 g/mol. The minimum Gasteiger partial charge on any atom is -0.491 e. The number of nitrogens with zero attached hydrogens (tertiary/aromatic N) is 2. The second-order valence-corrected chi connectivity index (χ2v) is 4.48. The largest absolute Gasteiger partial charge is 0.491 e. The Labute approximate surface area is 112 Å². The molecule has 1 aromatic rings. The number of azo groups is 1. The number of esters is 1. The van der Waals surface area contributed by atoms with Gasteiger partial charge in [-0.1, -0.05) is 25.1 Å². The van der Waals surface area contributed by atoms with Gasteiger partial charge in [-0.05, 0) is 19.1 Å². The van der Waals surface area contributed by atoms with Crippen molar-refractivity contribution in [3.05, 3.63) is 30.3 Å². The smallest absolute Gasteiger partial charge is 0.333 e. The number of rotatable bonds is 5. The number of carbonyl (C=O) groups is 1. The van der Waals surface area contributed by atoms with Gasteiger partial charge in [-0.25, -0.2) is 4.79 Å². The molecule has 102 valence electrons. The molecule has 0 saturated carbocycles. The highest BCUT2D eigenvalue weighted by atomic mass is 16.5. The van der Waals surface area contributed by atoms with E-state index in [4.69, 9.17) is 9.47 Å². The van der Waals surface area contributed by atoms with E-state index in [0.29, 0.717) is 13.2 Å². The van der Waals surface area contributed by atoms with Gasteiger partial charge in [0.25, 0.3) is 0 Å². The van der Waals surface area contributed by atoms with Gasteiger partial charge in [0, 0.05) is 5.92 Å². The Morgan fingerprint density at radius 3 is 2.68 bits per heavy atom. The molecule has 1 aliphatic rings. The molecule has 3 atom stereocenters. The summed E-state index contributed by atoms with van der Waals surface area (Å²) in [6.45, 7) is 4.51. The van der Waals surface area contributed by atoms with E-state index >= 15 is 0 Å². The number of hydrogen-bond donors (Lipinski definition) is 0. The zero-order valence-electron chi connectivity index (χ0n) is 11.2. The fraction of sp³-hybridized carbons (Fsp3) is 0.500. The van der Waals surface area contributed by atoms with E-state index in [2.05, 4.69) is 10.2 Å². The van der Waals surface area contributed by atoms with Crippen LogP contribution in [-0.2, 0) is 9.53 Å². The molecule has 19 heavy (non-hydrogen) atoms. The highest BCUT2D eigenvalue weighted by Crippen LogP contribution is 2.25. The molecule has 0 radical (unpaired) electrons. The number of hydrogen-bond acceptors (Lipinski definition) is 5. The van der Waals surface area contributed by atoms with Crippen LogP contribution in [0.3, 0.4) is 0 Å². The molecule has 0 bridgehead atoms. The van der Waals surface area contributed by atoms with Crippen LogP contribution in [0.15, 0.2) is 40.6 Å². The maximum Gasteiger partial charge on any atom is 0.333 e. The van der Waals surface area contributed by atoms with Gasteiger partial charge >= 0.3 is 5.97 Å². The van der Waals surface area contributed by atoms with Gasteiger partial charge < -0.3 is 9.47 Å². The number of carbonyl (C=O) groups excluding carboxylic acids is 1. The lowest BCUT2D eigenvalue weighted by Gasteiger charge is -2.16. The average Bonchev–Trinajstić information content (AvgIpc) is 2.79. The molecule has 5 nitrogen and oxygen atoms in total. The third-order valence-corrected chi connectivity index (χ3v) is 3.14. The standard InChI is InChI=1S/C14H18N2O3/c1-3-18-14(17)13-10(2)12(15-16-13)9-19-11-7-5-4-6-8-11/h4-8,10,12-13H,3,9H2,1-2H3. The zero-order valence-corrected chi connectivity index (χ0v) is 11.2. The van der Waals surface area contributed by atoms with Crippen LogP contribution in [0.4, 0.5) is 0 Å². The van der Waals surface area contributed by atoms with Crippen LogP contribution < -0.4 is 4.74 Å². The summed E-state index contributed by atoms with van der Waals surface area (Å²) in [6, 6.07) is 8.94. The van der Waals surface area contributed by atoms with Crippen molar-refractivity contribution in [3.63, 3.8) is 0 Å². The highest BCUT2D eigenvalue weighted by molar-refractivity contribution is 5.76. The summed E-state index contributed by atoms with van der Waals surface area (Å²) in [5.41, 5.74) is 0. The summed E-state index contributed by atoms with van der Waals surface area (Å²) in [6.07, 6.45) is 0. The minimum atomic E-state index is -0.496. The Kier molecular flexibility index (Phi) is 4.49. The molecule has 1 aliphatic heterocycles. The van der Waals surface area contributed by atoms with Gasteiger partial charge in [0.05, 0.1) is 6.61 Å². The third kappa shape index (κ3) is 3.30. The fourth-order valence-corrected chi connectivity index (χ4v) is 1.95. The Morgan fingerprint density at radius 2 is 2.00 bits per heavy atom. The van der Waals surface area contributed by atoms with Gasteiger partial charge in [0.1, 0.15) is 18.4 Å². The van der Waals surface area contributed by atoms with Crippen LogP contribution in [0.25, 0.3) is 0 Å². The van der Waals surface area contributed by atoms with Gasteiger partial charge in [-0.3, -0.25) is 0 Å². The van der Waals surface area contributed by atoms with Crippen LogP contribution >= 0.6 is 0 Å². The van der Waals surface area contributed by atoms with Gasteiger partial charge in [-0.2, -0.15) is 10.2 Å². The second kappa shape index (κ2) is 6.31. The molecule has 0 spiro atoms. The molecule has 1 heterocycles. The first-order valence-corrected chi connectivity index (χ1v) is 6.46. The van der Waals surface area contributed by atoms with Crippen molar-refractivity contribution < 1.29 is 14.3 Å². The molecule has 0 aliphatic carbocycles. The second-order valence-electron chi connectivity index (χ2n) is 4.48. The lowest BCUT2D eigenvalue weighted by molar-refractivity contribution is -0.145. The van der Waals surface area contributed by atoms with Crippen molar-refractivity contribution in [2.75, 3.05) is 13.2 Å². The van der Waals surface area contributed by atoms with E-state index in [0.717, 1.165) is 5.75 Å². The van der Waals surface area contributed by atoms with Crippen LogP contribution in [-0.4, -0.2) is 31.3 Å². The molecule has 5 heteroatoms. The average molecular weight is 262 g/mol. The van der Waals surface area contributed by atoms with E-state index in [-0.39, 0.29) is 17.9 Å². The summed E-state index contributed by atoms with van der Waals surface area (Å²) in [7, 11) is 0. The molecule has 0 aromatic heterocycles. The Hall–Kier alpha value is -1.91. The van der Waals surface area contributed by atoms with Crippen LogP contribution in [0.1, 0.15) is 13.8 Å². The van der Waals surface area contributed by atoms with Crippen LogP contribution in [0.5, 0.6) is 5.75 Å². The molecule has 1 aromatic carbocycles. The summed E-state index contributed by atoms with van der Waals surface area (Å²) in [5.74, 6) is 0.494.